The fraction of sp³-hybridized carbons (Fsp3) is 0.435. The second-order valence-corrected chi connectivity index (χ2v) is 6.64. The number of benzene rings is 2. The van der Waals surface area contributed by atoms with Gasteiger partial charge in [-0.15, -0.1) is 24.0 Å². The summed E-state index contributed by atoms with van der Waals surface area (Å²) in [5.41, 5.74) is 2.13. The largest absolute Gasteiger partial charge is 0.493 e. The fourth-order valence-electron chi connectivity index (χ4n) is 2.91. The molecule has 172 valence electrons. The third kappa shape index (κ3) is 9.65. The summed E-state index contributed by atoms with van der Waals surface area (Å²) < 4.78 is 21.4. The first kappa shape index (κ1) is 26.8. The van der Waals surface area contributed by atoms with E-state index in [0.29, 0.717) is 13.2 Å². The van der Waals surface area contributed by atoms with Crippen molar-refractivity contribution in [3.05, 3.63) is 48.0 Å². The topological polar surface area (TPSA) is 73.3 Å². The number of hydrogen-bond donors (Lipinski definition) is 2. The fourth-order valence-corrected chi connectivity index (χ4v) is 2.91. The van der Waals surface area contributed by atoms with Gasteiger partial charge in [0.2, 0.25) is 0 Å². The van der Waals surface area contributed by atoms with Crippen molar-refractivity contribution in [2.45, 2.75) is 19.3 Å². The zero-order chi connectivity index (χ0) is 21.6. The molecule has 0 heterocycles. The van der Waals surface area contributed by atoms with E-state index in [1.165, 1.54) is 5.56 Å². The van der Waals surface area contributed by atoms with Crippen LogP contribution in [0, 0.1) is 0 Å². The molecule has 2 rings (SSSR count). The van der Waals surface area contributed by atoms with E-state index in [9.17, 15) is 0 Å². The van der Waals surface area contributed by atoms with Gasteiger partial charge in [-0.2, -0.15) is 0 Å². The van der Waals surface area contributed by atoms with Crippen molar-refractivity contribution in [1.82, 2.24) is 5.32 Å². The van der Waals surface area contributed by atoms with Crippen LogP contribution < -0.4 is 24.8 Å². The minimum atomic E-state index is 0. The van der Waals surface area contributed by atoms with Gasteiger partial charge < -0.3 is 29.6 Å². The minimum absolute atomic E-state index is 0. The number of nitrogens with one attached hydrogen (secondary N) is 2. The summed E-state index contributed by atoms with van der Waals surface area (Å²) in [6, 6.07) is 13.9. The molecule has 0 aliphatic carbocycles. The van der Waals surface area contributed by atoms with E-state index < -0.39 is 0 Å². The van der Waals surface area contributed by atoms with Crippen LogP contribution in [0.15, 0.2) is 47.5 Å². The standard InChI is InChI=1S/C23H33N3O4.HI/c1-24-23(26-19-9-5-10-20(17-19)30-15-7-14-27-2)25-13-6-8-18-11-12-21(28-3)22(16-18)29-4;/h5,9-12,16-17H,6-8,13-15H2,1-4H3,(H2,24,25,26);1H. The molecule has 0 saturated carbocycles. The van der Waals surface area contributed by atoms with Crippen LogP contribution in [0.4, 0.5) is 5.69 Å². The van der Waals surface area contributed by atoms with Gasteiger partial charge in [-0.05, 0) is 42.7 Å². The number of rotatable bonds is 12. The Kier molecular flexibility index (Phi) is 13.5. The molecule has 0 saturated heterocycles. The average molecular weight is 543 g/mol. The van der Waals surface area contributed by atoms with E-state index in [1.807, 2.05) is 36.4 Å². The summed E-state index contributed by atoms with van der Waals surface area (Å²) in [6.07, 6.45) is 2.74. The van der Waals surface area contributed by atoms with Crippen LogP contribution in [0.1, 0.15) is 18.4 Å². The molecule has 0 aliphatic rings. The average Bonchev–Trinajstić information content (AvgIpc) is 2.78. The van der Waals surface area contributed by atoms with Crippen LogP contribution in [-0.2, 0) is 11.2 Å². The molecule has 31 heavy (non-hydrogen) atoms. The van der Waals surface area contributed by atoms with Crippen LogP contribution in [0.2, 0.25) is 0 Å². The normalized spacial score (nSPS) is 10.8. The number of aliphatic imine (C=N–C) groups is 1. The smallest absolute Gasteiger partial charge is 0.195 e. The van der Waals surface area contributed by atoms with Crippen molar-refractivity contribution in [1.29, 1.82) is 0 Å². The van der Waals surface area contributed by atoms with Crippen molar-refractivity contribution >= 4 is 35.6 Å². The van der Waals surface area contributed by atoms with E-state index in [2.05, 4.69) is 21.7 Å². The number of hydrogen-bond acceptors (Lipinski definition) is 5. The number of halogens is 1. The van der Waals surface area contributed by atoms with Crippen LogP contribution in [0.3, 0.4) is 0 Å². The Balaban J connectivity index is 0.00000480. The van der Waals surface area contributed by atoms with Gasteiger partial charge in [0, 0.05) is 45.5 Å². The molecule has 0 spiro atoms. The number of ether oxygens (including phenoxy) is 4. The van der Waals surface area contributed by atoms with Crippen LogP contribution in [-0.4, -0.2) is 54.1 Å². The Morgan fingerprint density at radius 1 is 0.935 bits per heavy atom. The molecule has 0 fully saturated rings. The molecule has 0 aliphatic heterocycles. The molecule has 8 heteroatoms. The number of aryl methyl sites for hydroxylation is 1. The SMILES string of the molecule is CN=C(NCCCc1ccc(OC)c(OC)c1)Nc1cccc(OCCCOC)c1.I. The zero-order valence-corrected chi connectivity index (χ0v) is 21.1. The summed E-state index contributed by atoms with van der Waals surface area (Å²) >= 11 is 0. The van der Waals surface area contributed by atoms with Crippen molar-refractivity contribution in [3.8, 4) is 17.2 Å². The predicted molar refractivity (Wildman–Crippen MR) is 137 cm³/mol. The highest BCUT2D eigenvalue weighted by Crippen LogP contribution is 2.27. The van der Waals surface area contributed by atoms with E-state index in [4.69, 9.17) is 18.9 Å². The van der Waals surface area contributed by atoms with Crippen molar-refractivity contribution in [2.75, 3.05) is 53.5 Å². The lowest BCUT2D eigenvalue weighted by Crippen LogP contribution is -2.31. The Morgan fingerprint density at radius 3 is 2.45 bits per heavy atom. The van der Waals surface area contributed by atoms with Crippen LogP contribution in [0.25, 0.3) is 0 Å². The lowest BCUT2D eigenvalue weighted by atomic mass is 10.1. The molecule has 2 aromatic rings. The van der Waals surface area contributed by atoms with E-state index >= 15 is 0 Å². The highest BCUT2D eigenvalue weighted by molar-refractivity contribution is 14.0. The monoisotopic (exact) mass is 543 g/mol. The number of guanidine groups is 1. The lowest BCUT2D eigenvalue weighted by Gasteiger charge is -2.13. The maximum atomic E-state index is 5.75. The Morgan fingerprint density at radius 2 is 1.74 bits per heavy atom. The molecule has 0 radical (unpaired) electrons. The van der Waals surface area contributed by atoms with Crippen molar-refractivity contribution in [3.63, 3.8) is 0 Å². The maximum Gasteiger partial charge on any atom is 0.195 e. The first-order valence-corrected chi connectivity index (χ1v) is 10.1. The molecular formula is C23H34IN3O4. The molecule has 0 aromatic heterocycles. The molecule has 0 atom stereocenters. The van der Waals surface area contributed by atoms with Gasteiger partial charge in [-0.3, -0.25) is 4.99 Å². The first-order valence-electron chi connectivity index (χ1n) is 10.1. The van der Waals surface area contributed by atoms with E-state index in [1.54, 1.807) is 28.4 Å². The number of nitrogens with zero attached hydrogens (tertiary/aromatic N) is 1. The number of methoxy groups -OCH3 is 3. The summed E-state index contributed by atoms with van der Waals surface area (Å²) in [6.45, 7) is 2.11. The summed E-state index contributed by atoms with van der Waals surface area (Å²) in [5, 5.41) is 6.64. The summed E-state index contributed by atoms with van der Waals surface area (Å²) in [4.78, 5) is 4.29. The van der Waals surface area contributed by atoms with E-state index in [-0.39, 0.29) is 24.0 Å². The lowest BCUT2D eigenvalue weighted by molar-refractivity contribution is 0.172. The highest BCUT2D eigenvalue weighted by atomic mass is 127. The van der Waals surface area contributed by atoms with Gasteiger partial charge in [-0.1, -0.05) is 12.1 Å². The van der Waals surface area contributed by atoms with E-state index in [0.717, 1.165) is 54.7 Å². The zero-order valence-electron chi connectivity index (χ0n) is 18.8. The third-order valence-corrected chi connectivity index (χ3v) is 4.46. The van der Waals surface area contributed by atoms with Gasteiger partial charge in [-0.25, -0.2) is 0 Å². The van der Waals surface area contributed by atoms with Crippen LogP contribution >= 0.6 is 24.0 Å². The van der Waals surface area contributed by atoms with Gasteiger partial charge in [0.05, 0.1) is 20.8 Å². The minimum Gasteiger partial charge on any atom is -0.493 e. The van der Waals surface area contributed by atoms with Crippen molar-refractivity contribution in [2.24, 2.45) is 4.99 Å². The number of anilines is 1. The quantitative estimate of drug-likeness (QED) is 0.180. The Bertz CT molecular complexity index is 802. The molecule has 0 amide bonds. The molecule has 0 unspecified atom stereocenters. The second kappa shape index (κ2) is 15.6. The summed E-state index contributed by atoms with van der Waals surface area (Å²) in [7, 11) is 6.74. The van der Waals surface area contributed by atoms with Gasteiger partial charge >= 0.3 is 0 Å². The van der Waals surface area contributed by atoms with Gasteiger partial charge in [0.15, 0.2) is 17.5 Å². The van der Waals surface area contributed by atoms with Gasteiger partial charge in [0.25, 0.3) is 0 Å². The maximum absolute atomic E-state index is 5.75. The first-order chi connectivity index (χ1) is 14.7. The van der Waals surface area contributed by atoms with Crippen LogP contribution in [0.5, 0.6) is 17.2 Å². The molecule has 2 aromatic carbocycles. The Hall–Kier alpha value is -2.20. The van der Waals surface area contributed by atoms with Gasteiger partial charge in [0.1, 0.15) is 5.75 Å². The predicted octanol–water partition coefficient (Wildman–Crippen LogP) is 4.36. The second-order valence-electron chi connectivity index (χ2n) is 6.64. The third-order valence-electron chi connectivity index (χ3n) is 4.46. The summed E-state index contributed by atoms with van der Waals surface area (Å²) in [5.74, 6) is 3.04. The van der Waals surface area contributed by atoms with Crippen molar-refractivity contribution < 1.29 is 18.9 Å². The molecule has 7 nitrogen and oxygen atoms in total. The molecule has 2 N–H and O–H groups in total. The highest BCUT2D eigenvalue weighted by Gasteiger charge is 2.05. The molecular weight excluding hydrogens is 509 g/mol. The Labute approximate surface area is 202 Å². The molecule has 0 bridgehead atoms.